The number of amides is 1. The van der Waals surface area contributed by atoms with Crippen molar-refractivity contribution >= 4 is 15.9 Å². The number of para-hydroxylation sites is 1. The van der Waals surface area contributed by atoms with E-state index in [1.54, 1.807) is 0 Å². The van der Waals surface area contributed by atoms with Crippen LogP contribution in [0.3, 0.4) is 0 Å². The molecule has 1 saturated heterocycles. The summed E-state index contributed by atoms with van der Waals surface area (Å²) in [6.45, 7) is 5.28. The van der Waals surface area contributed by atoms with Crippen LogP contribution in [0, 0.1) is 23.5 Å². The highest BCUT2D eigenvalue weighted by Crippen LogP contribution is 2.26. The average Bonchev–Trinajstić information content (AvgIpc) is 2.79. The van der Waals surface area contributed by atoms with Gasteiger partial charge < -0.3 is 10.1 Å². The van der Waals surface area contributed by atoms with Crippen molar-refractivity contribution in [1.82, 2.24) is 9.62 Å². The molecule has 1 aliphatic heterocycles. The molecule has 1 amide bonds. The molecule has 1 fully saturated rings. The number of ether oxygens (including phenoxy) is 1. The van der Waals surface area contributed by atoms with Crippen molar-refractivity contribution in [2.24, 2.45) is 11.8 Å². The Bertz CT molecular complexity index is 1070. The standard InChI is InChI=1S/C24H30F2N2O4S/c1-17(2)11-14-32-22-6-4-3-5-19(22)16-27-24(29)18-9-12-28(13-10-18)33(30,31)23-15-20(25)7-8-21(23)26/h3-8,15,17-18H,9-14,16H2,1-2H3,(H,27,29). The van der Waals surface area contributed by atoms with E-state index >= 15 is 0 Å². The second-order valence-electron chi connectivity index (χ2n) is 8.61. The summed E-state index contributed by atoms with van der Waals surface area (Å²) in [4.78, 5) is 12.0. The molecule has 0 spiro atoms. The number of piperidine rings is 1. The van der Waals surface area contributed by atoms with Crippen LogP contribution >= 0.6 is 0 Å². The molecule has 6 nitrogen and oxygen atoms in total. The Morgan fingerprint density at radius 1 is 1.15 bits per heavy atom. The quantitative estimate of drug-likeness (QED) is 0.586. The van der Waals surface area contributed by atoms with E-state index in [-0.39, 0.29) is 24.9 Å². The van der Waals surface area contributed by atoms with Gasteiger partial charge in [0.25, 0.3) is 0 Å². The monoisotopic (exact) mass is 480 g/mol. The Labute approximate surface area is 194 Å². The maximum absolute atomic E-state index is 14.0. The number of hydrogen-bond donors (Lipinski definition) is 1. The minimum absolute atomic E-state index is 0.0608. The van der Waals surface area contributed by atoms with Gasteiger partial charge in [0.2, 0.25) is 15.9 Å². The molecular weight excluding hydrogens is 450 g/mol. The molecule has 1 heterocycles. The van der Waals surface area contributed by atoms with Gasteiger partial charge in [-0.1, -0.05) is 32.0 Å². The highest BCUT2D eigenvalue weighted by Gasteiger charge is 2.33. The van der Waals surface area contributed by atoms with Crippen molar-refractivity contribution < 1.29 is 26.7 Å². The molecule has 180 valence electrons. The third kappa shape index (κ3) is 6.51. The normalized spacial score (nSPS) is 15.5. The third-order valence-corrected chi connectivity index (χ3v) is 7.63. The van der Waals surface area contributed by atoms with Crippen molar-refractivity contribution in [3.8, 4) is 5.75 Å². The summed E-state index contributed by atoms with van der Waals surface area (Å²) in [5.41, 5.74) is 0.871. The molecule has 0 radical (unpaired) electrons. The summed E-state index contributed by atoms with van der Waals surface area (Å²) in [5, 5.41) is 2.91. The fraction of sp³-hybridized carbons (Fsp3) is 0.458. The van der Waals surface area contributed by atoms with E-state index < -0.39 is 26.6 Å². The van der Waals surface area contributed by atoms with Gasteiger partial charge in [-0.15, -0.1) is 0 Å². The van der Waals surface area contributed by atoms with Crippen LogP contribution in [-0.2, 0) is 21.4 Å². The van der Waals surface area contributed by atoms with Crippen molar-refractivity contribution in [2.45, 2.75) is 44.6 Å². The number of benzene rings is 2. The van der Waals surface area contributed by atoms with Crippen LogP contribution in [0.2, 0.25) is 0 Å². The van der Waals surface area contributed by atoms with E-state index in [0.29, 0.717) is 38.0 Å². The van der Waals surface area contributed by atoms with Crippen LogP contribution in [0.4, 0.5) is 8.78 Å². The third-order valence-electron chi connectivity index (χ3n) is 5.71. The predicted octanol–water partition coefficient (Wildman–Crippen LogP) is 4.11. The van der Waals surface area contributed by atoms with Gasteiger partial charge in [-0.25, -0.2) is 17.2 Å². The Kier molecular flexibility index (Phi) is 8.42. The van der Waals surface area contributed by atoms with Gasteiger partial charge in [-0.3, -0.25) is 4.79 Å². The van der Waals surface area contributed by atoms with Crippen molar-refractivity contribution in [2.75, 3.05) is 19.7 Å². The summed E-state index contributed by atoms with van der Waals surface area (Å²) in [5.74, 6) is -1.08. The second kappa shape index (κ2) is 11.1. The van der Waals surface area contributed by atoms with Crippen LogP contribution in [0.5, 0.6) is 5.75 Å². The number of nitrogens with one attached hydrogen (secondary N) is 1. The number of carbonyl (C=O) groups is 1. The fourth-order valence-electron chi connectivity index (χ4n) is 3.69. The Hall–Kier alpha value is -2.52. The van der Waals surface area contributed by atoms with E-state index in [0.717, 1.165) is 34.2 Å². The summed E-state index contributed by atoms with van der Waals surface area (Å²) < 4.78 is 59.8. The first-order valence-corrected chi connectivity index (χ1v) is 12.6. The number of nitrogens with zero attached hydrogens (tertiary/aromatic N) is 1. The molecule has 1 aliphatic rings. The van der Waals surface area contributed by atoms with Gasteiger partial charge >= 0.3 is 0 Å². The second-order valence-corrected chi connectivity index (χ2v) is 10.5. The number of sulfonamides is 1. The lowest BCUT2D eigenvalue weighted by Gasteiger charge is -2.30. The predicted molar refractivity (Wildman–Crippen MR) is 121 cm³/mol. The Balaban J connectivity index is 1.55. The first-order chi connectivity index (χ1) is 15.7. The van der Waals surface area contributed by atoms with E-state index in [4.69, 9.17) is 4.74 Å². The molecule has 0 aromatic heterocycles. The van der Waals surface area contributed by atoms with Gasteiger partial charge in [0.05, 0.1) is 6.61 Å². The smallest absolute Gasteiger partial charge is 0.246 e. The Morgan fingerprint density at radius 3 is 2.55 bits per heavy atom. The molecule has 0 atom stereocenters. The zero-order chi connectivity index (χ0) is 24.0. The highest BCUT2D eigenvalue weighted by atomic mass is 32.2. The number of rotatable bonds is 9. The first-order valence-electron chi connectivity index (χ1n) is 11.1. The SMILES string of the molecule is CC(C)CCOc1ccccc1CNC(=O)C1CCN(S(=O)(=O)c2cc(F)ccc2F)CC1. The first kappa shape index (κ1) is 25.1. The average molecular weight is 481 g/mol. The molecule has 2 aromatic carbocycles. The fourth-order valence-corrected chi connectivity index (χ4v) is 5.24. The molecule has 9 heteroatoms. The summed E-state index contributed by atoms with van der Waals surface area (Å²) in [6.07, 6.45) is 1.53. The van der Waals surface area contributed by atoms with Gasteiger partial charge in [0.15, 0.2) is 0 Å². The molecule has 1 N–H and O–H groups in total. The minimum Gasteiger partial charge on any atom is -0.493 e. The van der Waals surface area contributed by atoms with Gasteiger partial charge in [-0.2, -0.15) is 4.31 Å². The zero-order valence-corrected chi connectivity index (χ0v) is 19.7. The lowest BCUT2D eigenvalue weighted by atomic mass is 9.97. The molecule has 0 aliphatic carbocycles. The van der Waals surface area contributed by atoms with E-state index in [1.165, 1.54) is 0 Å². The van der Waals surface area contributed by atoms with Crippen LogP contribution in [0.25, 0.3) is 0 Å². The largest absolute Gasteiger partial charge is 0.493 e. The van der Waals surface area contributed by atoms with Gasteiger partial charge in [0.1, 0.15) is 22.3 Å². The van der Waals surface area contributed by atoms with E-state index in [1.807, 2.05) is 24.3 Å². The Morgan fingerprint density at radius 2 is 1.85 bits per heavy atom. The van der Waals surface area contributed by atoms with E-state index in [9.17, 15) is 22.0 Å². The number of hydrogen-bond acceptors (Lipinski definition) is 4. The molecule has 2 aromatic rings. The molecule has 0 saturated carbocycles. The number of carbonyl (C=O) groups excluding carboxylic acids is 1. The minimum atomic E-state index is -4.17. The van der Waals surface area contributed by atoms with Crippen LogP contribution in [0.1, 0.15) is 38.7 Å². The summed E-state index contributed by atoms with van der Waals surface area (Å²) >= 11 is 0. The maximum atomic E-state index is 14.0. The lowest BCUT2D eigenvalue weighted by Crippen LogP contribution is -2.43. The highest BCUT2D eigenvalue weighted by molar-refractivity contribution is 7.89. The molecule has 3 rings (SSSR count). The van der Waals surface area contributed by atoms with E-state index in [2.05, 4.69) is 19.2 Å². The van der Waals surface area contributed by atoms with Crippen LogP contribution in [-0.4, -0.2) is 38.3 Å². The van der Waals surface area contributed by atoms with Crippen molar-refractivity contribution in [1.29, 1.82) is 0 Å². The lowest BCUT2D eigenvalue weighted by molar-refractivity contribution is -0.126. The van der Waals surface area contributed by atoms with Crippen molar-refractivity contribution in [3.63, 3.8) is 0 Å². The summed E-state index contributed by atoms with van der Waals surface area (Å²) in [6, 6.07) is 9.89. The molecule has 0 bridgehead atoms. The van der Waals surface area contributed by atoms with Gasteiger partial charge in [-0.05, 0) is 49.4 Å². The summed E-state index contributed by atoms with van der Waals surface area (Å²) in [7, 11) is -4.17. The molecule has 0 unspecified atom stereocenters. The maximum Gasteiger partial charge on any atom is 0.246 e. The van der Waals surface area contributed by atoms with Crippen molar-refractivity contribution in [3.05, 3.63) is 59.7 Å². The topological polar surface area (TPSA) is 75.7 Å². The van der Waals surface area contributed by atoms with Gasteiger partial charge in [0, 0.05) is 31.1 Å². The zero-order valence-electron chi connectivity index (χ0n) is 18.9. The molecule has 33 heavy (non-hydrogen) atoms. The van der Waals surface area contributed by atoms with Crippen LogP contribution in [0.15, 0.2) is 47.4 Å². The number of halogens is 2. The van der Waals surface area contributed by atoms with Crippen LogP contribution < -0.4 is 10.1 Å². The molecular formula is C24H30F2N2O4S.